The molecule has 0 fully saturated rings. The van der Waals surface area contributed by atoms with Crippen molar-refractivity contribution in [1.29, 1.82) is 0 Å². The van der Waals surface area contributed by atoms with E-state index in [0.29, 0.717) is 17.7 Å². The molecule has 1 aromatic heterocycles. The zero-order valence-corrected chi connectivity index (χ0v) is 17.7. The summed E-state index contributed by atoms with van der Waals surface area (Å²) >= 11 is 0. The number of nitrogens with one attached hydrogen (secondary N) is 2. The number of hydrogen-bond donors (Lipinski definition) is 2. The molecule has 4 rings (SSSR count). The molecule has 0 saturated carbocycles. The highest BCUT2D eigenvalue weighted by molar-refractivity contribution is 5.68. The first-order valence-electron chi connectivity index (χ1n) is 9.98. The molecule has 5 heteroatoms. The van der Waals surface area contributed by atoms with Crippen molar-refractivity contribution in [1.82, 2.24) is 15.0 Å². The Balaban J connectivity index is 1.55. The predicted molar refractivity (Wildman–Crippen MR) is 124 cm³/mol. The van der Waals surface area contributed by atoms with E-state index in [0.717, 1.165) is 22.5 Å². The van der Waals surface area contributed by atoms with Crippen molar-refractivity contribution in [2.45, 2.75) is 27.7 Å². The third-order valence-electron chi connectivity index (χ3n) is 4.91. The minimum atomic E-state index is 0.514. The molecule has 0 aliphatic rings. The van der Waals surface area contributed by atoms with Crippen LogP contribution in [0.15, 0.2) is 66.7 Å². The number of aromatic nitrogens is 3. The summed E-state index contributed by atoms with van der Waals surface area (Å²) in [4.78, 5) is 13.5. The van der Waals surface area contributed by atoms with Crippen LogP contribution in [-0.2, 0) is 0 Å². The summed E-state index contributed by atoms with van der Waals surface area (Å²) in [5.41, 5.74) is 7.88. The lowest BCUT2D eigenvalue weighted by atomic mass is 10.1. The summed E-state index contributed by atoms with van der Waals surface area (Å²) in [5, 5.41) is 6.65. The SMILES string of the molecule is Cc1cc(C)c(Nc2nc(C)nc(Nc3ccc(-c4ccccc4)cc3)n2)c(C)c1. The Morgan fingerprint density at radius 2 is 1.17 bits per heavy atom. The average molecular weight is 396 g/mol. The van der Waals surface area contributed by atoms with Crippen molar-refractivity contribution in [3.63, 3.8) is 0 Å². The molecule has 5 nitrogen and oxygen atoms in total. The van der Waals surface area contributed by atoms with Gasteiger partial charge < -0.3 is 10.6 Å². The van der Waals surface area contributed by atoms with Gasteiger partial charge in [-0.1, -0.05) is 60.2 Å². The molecule has 3 aromatic carbocycles. The quantitative estimate of drug-likeness (QED) is 0.418. The average Bonchev–Trinajstić information content (AvgIpc) is 2.71. The highest BCUT2D eigenvalue weighted by Crippen LogP contribution is 2.26. The van der Waals surface area contributed by atoms with E-state index in [-0.39, 0.29) is 0 Å². The largest absolute Gasteiger partial charge is 0.324 e. The molecule has 0 atom stereocenters. The van der Waals surface area contributed by atoms with Gasteiger partial charge in [-0.15, -0.1) is 0 Å². The Morgan fingerprint density at radius 3 is 1.80 bits per heavy atom. The second-order valence-electron chi connectivity index (χ2n) is 7.50. The minimum absolute atomic E-state index is 0.514. The van der Waals surface area contributed by atoms with E-state index < -0.39 is 0 Å². The second kappa shape index (κ2) is 8.33. The van der Waals surface area contributed by atoms with Gasteiger partial charge in [-0.25, -0.2) is 0 Å². The normalized spacial score (nSPS) is 10.7. The summed E-state index contributed by atoms with van der Waals surface area (Å²) in [6.45, 7) is 8.14. The Labute approximate surface area is 177 Å². The third-order valence-corrected chi connectivity index (χ3v) is 4.91. The summed E-state index contributed by atoms with van der Waals surface area (Å²) < 4.78 is 0. The highest BCUT2D eigenvalue weighted by Gasteiger charge is 2.09. The first-order chi connectivity index (χ1) is 14.5. The number of benzene rings is 3. The summed E-state index contributed by atoms with van der Waals surface area (Å²) in [5.74, 6) is 1.69. The van der Waals surface area contributed by atoms with E-state index in [1.165, 1.54) is 16.7 Å². The van der Waals surface area contributed by atoms with Gasteiger partial charge in [0.15, 0.2) is 0 Å². The van der Waals surface area contributed by atoms with Crippen molar-refractivity contribution < 1.29 is 0 Å². The van der Waals surface area contributed by atoms with Gasteiger partial charge >= 0.3 is 0 Å². The number of anilines is 4. The molecule has 0 amide bonds. The van der Waals surface area contributed by atoms with E-state index in [2.05, 4.69) is 82.8 Å². The minimum Gasteiger partial charge on any atom is -0.324 e. The van der Waals surface area contributed by atoms with E-state index in [1.807, 2.05) is 37.3 Å². The predicted octanol–water partition coefficient (Wildman–Crippen LogP) is 6.26. The molecule has 150 valence electrons. The molecule has 0 spiro atoms. The maximum Gasteiger partial charge on any atom is 0.232 e. The Kier molecular flexibility index (Phi) is 5.44. The van der Waals surface area contributed by atoms with Gasteiger partial charge in [-0.3, -0.25) is 0 Å². The lowest BCUT2D eigenvalue weighted by molar-refractivity contribution is 0.988. The van der Waals surface area contributed by atoms with Gasteiger partial charge in [0, 0.05) is 11.4 Å². The summed E-state index contributed by atoms with van der Waals surface area (Å²) in [7, 11) is 0. The number of aryl methyl sites for hydroxylation is 4. The van der Waals surface area contributed by atoms with E-state index in [4.69, 9.17) is 0 Å². The first kappa shape index (κ1) is 19.6. The Bertz CT molecular complexity index is 1150. The standard InChI is InChI=1S/C25H25N5/c1-16-14-17(2)23(18(3)15-16)29-25-27-19(4)26-24(30-25)28-22-12-10-21(11-13-22)20-8-6-5-7-9-20/h5-15H,1-4H3,(H2,26,27,28,29,30). The first-order valence-corrected chi connectivity index (χ1v) is 9.98. The zero-order valence-electron chi connectivity index (χ0n) is 17.7. The van der Waals surface area contributed by atoms with Crippen LogP contribution in [0.5, 0.6) is 0 Å². The van der Waals surface area contributed by atoms with Crippen molar-refractivity contribution in [3.8, 4) is 11.1 Å². The molecule has 0 unspecified atom stereocenters. The van der Waals surface area contributed by atoms with Crippen LogP contribution in [0.4, 0.5) is 23.3 Å². The fourth-order valence-electron chi connectivity index (χ4n) is 3.59. The number of nitrogens with zero attached hydrogens (tertiary/aromatic N) is 3. The van der Waals surface area contributed by atoms with Gasteiger partial charge in [0.05, 0.1) is 0 Å². The third kappa shape index (κ3) is 4.46. The van der Waals surface area contributed by atoms with Crippen LogP contribution in [0.2, 0.25) is 0 Å². The molecule has 1 heterocycles. The van der Waals surface area contributed by atoms with E-state index in [9.17, 15) is 0 Å². The van der Waals surface area contributed by atoms with Crippen LogP contribution in [-0.4, -0.2) is 15.0 Å². The van der Waals surface area contributed by atoms with E-state index in [1.54, 1.807) is 0 Å². The smallest absolute Gasteiger partial charge is 0.232 e. The van der Waals surface area contributed by atoms with E-state index >= 15 is 0 Å². The van der Waals surface area contributed by atoms with Gasteiger partial charge in [-0.2, -0.15) is 15.0 Å². The van der Waals surface area contributed by atoms with Gasteiger partial charge in [0.25, 0.3) is 0 Å². The van der Waals surface area contributed by atoms with Crippen molar-refractivity contribution >= 4 is 23.3 Å². The van der Waals surface area contributed by atoms with Crippen LogP contribution < -0.4 is 10.6 Å². The Morgan fingerprint density at radius 1 is 0.600 bits per heavy atom. The fourth-order valence-corrected chi connectivity index (χ4v) is 3.59. The second-order valence-corrected chi connectivity index (χ2v) is 7.50. The van der Waals surface area contributed by atoms with Crippen LogP contribution >= 0.6 is 0 Å². The maximum atomic E-state index is 4.56. The number of rotatable bonds is 5. The lowest BCUT2D eigenvalue weighted by Crippen LogP contribution is -2.07. The monoisotopic (exact) mass is 395 g/mol. The topological polar surface area (TPSA) is 62.7 Å². The highest BCUT2D eigenvalue weighted by atomic mass is 15.2. The maximum absolute atomic E-state index is 4.56. The molecule has 0 aliphatic carbocycles. The molecule has 0 saturated heterocycles. The Hall–Kier alpha value is -3.73. The molecule has 30 heavy (non-hydrogen) atoms. The van der Waals surface area contributed by atoms with Crippen LogP contribution in [0, 0.1) is 27.7 Å². The molecule has 0 radical (unpaired) electrons. The summed E-state index contributed by atoms with van der Waals surface area (Å²) in [6.07, 6.45) is 0. The van der Waals surface area contributed by atoms with Crippen molar-refractivity contribution in [2.75, 3.05) is 10.6 Å². The van der Waals surface area contributed by atoms with Gasteiger partial charge in [0.2, 0.25) is 11.9 Å². The molecular weight excluding hydrogens is 370 g/mol. The van der Waals surface area contributed by atoms with Gasteiger partial charge in [0.1, 0.15) is 5.82 Å². The molecule has 0 aliphatic heterocycles. The molecule has 2 N–H and O–H groups in total. The summed E-state index contributed by atoms with van der Waals surface area (Å²) in [6, 6.07) is 22.8. The molecule has 0 bridgehead atoms. The number of hydrogen-bond acceptors (Lipinski definition) is 5. The lowest BCUT2D eigenvalue weighted by Gasteiger charge is -2.14. The van der Waals surface area contributed by atoms with Crippen molar-refractivity contribution in [2.24, 2.45) is 0 Å². The van der Waals surface area contributed by atoms with Crippen LogP contribution in [0.1, 0.15) is 22.5 Å². The molecule has 4 aromatic rings. The molecular formula is C25H25N5. The zero-order chi connectivity index (χ0) is 21.1. The fraction of sp³-hybridized carbons (Fsp3) is 0.160. The van der Waals surface area contributed by atoms with Crippen LogP contribution in [0.3, 0.4) is 0 Å². The van der Waals surface area contributed by atoms with Crippen LogP contribution in [0.25, 0.3) is 11.1 Å². The van der Waals surface area contributed by atoms with Crippen molar-refractivity contribution in [3.05, 3.63) is 89.2 Å². The van der Waals surface area contributed by atoms with Gasteiger partial charge in [-0.05, 0) is 62.1 Å².